The van der Waals surface area contributed by atoms with Crippen molar-refractivity contribution in [1.29, 1.82) is 0 Å². The van der Waals surface area contributed by atoms with Crippen LogP contribution in [-0.2, 0) is 6.42 Å². The van der Waals surface area contributed by atoms with Crippen LogP contribution in [0.3, 0.4) is 0 Å². The molecule has 0 atom stereocenters. The van der Waals surface area contributed by atoms with Crippen LogP contribution in [0.25, 0.3) is 0 Å². The van der Waals surface area contributed by atoms with Crippen LogP contribution in [0.2, 0.25) is 0 Å². The van der Waals surface area contributed by atoms with Gasteiger partial charge >= 0.3 is 0 Å². The zero-order chi connectivity index (χ0) is 8.81. The quantitative estimate of drug-likeness (QED) is 0.666. The molecule has 0 saturated carbocycles. The van der Waals surface area contributed by atoms with E-state index in [9.17, 15) is 0 Å². The minimum atomic E-state index is 0.559. The number of unbranched alkanes of at least 4 members (excludes halogenated alkanes) is 2. The van der Waals surface area contributed by atoms with E-state index in [-0.39, 0.29) is 0 Å². The van der Waals surface area contributed by atoms with Gasteiger partial charge in [0.1, 0.15) is 5.82 Å². The molecule has 1 rings (SSSR count). The minimum Gasteiger partial charge on any atom is -0.374 e. The molecule has 0 unspecified atom stereocenters. The number of hydrogen-bond donors (Lipinski definition) is 2. The van der Waals surface area contributed by atoms with E-state index in [4.69, 9.17) is 11.5 Å². The molecule has 1 aromatic heterocycles. The summed E-state index contributed by atoms with van der Waals surface area (Å²) in [5.74, 6) is 0.870. The molecule has 1 aromatic rings. The second-order valence-corrected chi connectivity index (χ2v) is 3.43. The Balaban J connectivity index is 2.15. The van der Waals surface area contributed by atoms with Crippen LogP contribution < -0.4 is 11.5 Å². The Morgan fingerprint density at radius 1 is 1.25 bits per heavy atom. The van der Waals surface area contributed by atoms with Gasteiger partial charge in [-0.05, 0) is 19.4 Å². The van der Waals surface area contributed by atoms with E-state index in [1.807, 2.05) is 0 Å². The lowest BCUT2D eigenvalue weighted by molar-refractivity contribution is 0.674. The molecule has 0 saturated heterocycles. The van der Waals surface area contributed by atoms with E-state index in [1.54, 1.807) is 0 Å². The van der Waals surface area contributed by atoms with Crippen molar-refractivity contribution in [2.24, 2.45) is 5.73 Å². The van der Waals surface area contributed by atoms with Crippen molar-refractivity contribution in [3.8, 4) is 0 Å². The summed E-state index contributed by atoms with van der Waals surface area (Å²) in [6, 6.07) is 0. The van der Waals surface area contributed by atoms with Crippen LogP contribution in [0.5, 0.6) is 0 Å². The highest BCUT2D eigenvalue weighted by molar-refractivity contribution is 7.09. The first-order chi connectivity index (χ1) is 5.83. The first-order valence-electron chi connectivity index (χ1n) is 4.11. The topological polar surface area (TPSA) is 77.8 Å². The Hall–Kier alpha value is -0.680. The maximum atomic E-state index is 5.43. The van der Waals surface area contributed by atoms with Gasteiger partial charge in [-0.1, -0.05) is 6.42 Å². The zero-order valence-electron chi connectivity index (χ0n) is 6.99. The molecule has 0 aliphatic rings. The molecule has 4 nitrogen and oxygen atoms in total. The summed E-state index contributed by atoms with van der Waals surface area (Å²) in [7, 11) is 0. The monoisotopic (exact) mass is 186 g/mol. The summed E-state index contributed by atoms with van der Waals surface area (Å²) in [4.78, 5) is 4.06. The summed E-state index contributed by atoms with van der Waals surface area (Å²) >= 11 is 1.26. The highest BCUT2D eigenvalue weighted by Crippen LogP contribution is 2.08. The van der Waals surface area contributed by atoms with Gasteiger partial charge in [-0.15, -0.1) is 0 Å². The third-order valence-corrected chi connectivity index (χ3v) is 2.17. The number of aromatic nitrogens is 2. The molecule has 0 fully saturated rings. The Kier molecular flexibility index (Phi) is 3.96. The van der Waals surface area contributed by atoms with Gasteiger partial charge in [0, 0.05) is 18.0 Å². The molecule has 0 aromatic carbocycles. The van der Waals surface area contributed by atoms with Gasteiger partial charge in [0.2, 0.25) is 0 Å². The molecule has 0 bridgehead atoms. The third-order valence-electron chi connectivity index (χ3n) is 1.59. The molecule has 0 amide bonds. The van der Waals surface area contributed by atoms with E-state index in [0.717, 1.165) is 38.1 Å². The predicted octanol–water partition coefficient (Wildman–Crippen LogP) is 0.792. The first kappa shape index (κ1) is 9.41. The van der Waals surface area contributed by atoms with Crippen LogP contribution in [0, 0.1) is 0 Å². The zero-order valence-corrected chi connectivity index (χ0v) is 7.81. The third kappa shape index (κ3) is 3.15. The van der Waals surface area contributed by atoms with Crippen molar-refractivity contribution in [2.75, 3.05) is 12.3 Å². The van der Waals surface area contributed by atoms with Crippen molar-refractivity contribution in [3.63, 3.8) is 0 Å². The fourth-order valence-electron chi connectivity index (χ4n) is 0.973. The van der Waals surface area contributed by atoms with E-state index >= 15 is 0 Å². The second-order valence-electron chi connectivity index (χ2n) is 2.65. The van der Waals surface area contributed by atoms with Crippen LogP contribution in [0.1, 0.15) is 25.1 Å². The normalized spacial score (nSPS) is 10.4. The van der Waals surface area contributed by atoms with Gasteiger partial charge in [-0.2, -0.15) is 4.37 Å². The maximum Gasteiger partial charge on any atom is 0.199 e. The molecular weight excluding hydrogens is 172 g/mol. The molecular formula is C7H14N4S. The molecule has 4 N–H and O–H groups in total. The second kappa shape index (κ2) is 5.05. The summed E-state index contributed by atoms with van der Waals surface area (Å²) in [6.07, 6.45) is 4.26. The van der Waals surface area contributed by atoms with Gasteiger partial charge in [-0.3, -0.25) is 0 Å². The van der Waals surface area contributed by atoms with Gasteiger partial charge < -0.3 is 11.5 Å². The standard InChI is InChI=1S/C7H14N4S/c8-5-3-1-2-4-6-10-7(9)12-11-6/h1-5,8H2,(H2,9,10,11). The molecule has 0 aliphatic heterocycles. The highest BCUT2D eigenvalue weighted by atomic mass is 32.1. The Bertz CT molecular complexity index is 223. The molecule has 0 radical (unpaired) electrons. The van der Waals surface area contributed by atoms with E-state index in [1.165, 1.54) is 11.5 Å². The molecule has 68 valence electrons. The van der Waals surface area contributed by atoms with Crippen LogP contribution in [0.4, 0.5) is 5.13 Å². The smallest absolute Gasteiger partial charge is 0.199 e. The van der Waals surface area contributed by atoms with Crippen molar-refractivity contribution >= 4 is 16.7 Å². The Morgan fingerprint density at radius 2 is 2.08 bits per heavy atom. The molecule has 5 heteroatoms. The summed E-state index contributed by atoms with van der Waals surface area (Å²) in [6.45, 7) is 0.770. The van der Waals surface area contributed by atoms with Crippen molar-refractivity contribution in [2.45, 2.75) is 25.7 Å². The van der Waals surface area contributed by atoms with Crippen molar-refractivity contribution in [1.82, 2.24) is 9.36 Å². The van der Waals surface area contributed by atoms with Gasteiger partial charge in [0.15, 0.2) is 5.13 Å². The van der Waals surface area contributed by atoms with Crippen molar-refractivity contribution in [3.05, 3.63) is 5.82 Å². The average molecular weight is 186 g/mol. The average Bonchev–Trinajstić information content (AvgIpc) is 2.45. The number of aryl methyl sites for hydroxylation is 1. The first-order valence-corrected chi connectivity index (χ1v) is 4.88. The number of anilines is 1. The lowest BCUT2D eigenvalue weighted by Crippen LogP contribution is -1.98. The molecule has 0 aliphatic carbocycles. The fourth-order valence-corrected chi connectivity index (χ4v) is 1.45. The maximum absolute atomic E-state index is 5.43. The van der Waals surface area contributed by atoms with Crippen LogP contribution in [0.15, 0.2) is 0 Å². The van der Waals surface area contributed by atoms with Crippen molar-refractivity contribution < 1.29 is 0 Å². The highest BCUT2D eigenvalue weighted by Gasteiger charge is 1.99. The number of rotatable bonds is 5. The van der Waals surface area contributed by atoms with E-state index in [0.29, 0.717) is 5.13 Å². The molecule has 1 heterocycles. The van der Waals surface area contributed by atoms with Gasteiger partial charge in [0.25, 0.3) is 0 Å². The summed E-state index contributed by atoms with van der Waals surface area (Å²) < 4.78 is 4.09. The lowest BCUT2D eigenvalue weighted by atomic mass is 10.2. The fraction of sp³-hybridized carbons (Fsp3) is 0.714. The minimum absolute atomic E-state index is 0.559. The predicted molar refractivity (Wildman–Crippen MR) is 50.9 cm³/mol. The largest absolute Gasteiger partial charge is 0.374 e. The SMILES string of the molecule is NCCCCCc1nsc(N)n1. The van der Waals surface area contributed by atoms with E-state index in [2.05, 4.69) is 9.36 Å². The number of nitrogen functional groups attached to an aromatic ring is 1. The van der Waals surface area contributed by atoms with E-state index < -0.39 is 0 Å². The van der Waals surface area contributed by atoms with Gasteiger partial charge in [0.05, 0.1) is 0 Å². The molecule has 0 spiro atoms. The van der Waals surface area contributed by atoms with Gasteiger partial charge in [-0.25, -0.2) is 4.98 Å². The van der Waals surface area contributed by atoms with Crippen LogP contribution in [-0.4, -0.2) is 15.9 Å². The lowest BCUT2D eigenvalue weighted by Gasteiger charge is -1.94. The number of hydrogen-bond acceptors (Lipinski definition) is 5. The summed E-state index contributed by atoms with van der Waals surface area (Å²) in [5.41, 5.74) is 10.8. The number of nitrogens with two attached hydrogens (primary N) is 2. The summed E-state index contributed by atoms with van der Waals surface area (Å²) in [5, 5.41) is 0.559. The number of nitrogens with zero attached hydrogens (tertiary/aromatic N) is 2. The molecule has 12 heavy (non-hydrogen) atoms. The Labute approximate surface area is 76.2 Å². The van der Waals surface area contributed by atoms with Crippen LogP contribution >= 0.6 is 11.5 Å². The Morgan fingerprint density at radius 3 is 2.67 bits per heavy atom.